The van der Waals surface area contributed by atoms with E-state index < -0.39 is 11.9 Å². The Bertz CT molecular complexity index is 920. The number of benzene rings is 2. The van der Waals surface area contributed by atoms with Crippen LogP contribution in [0.5, 0.6) is 0 Å². The highest BCUT2D eigenvalue weighted by Crippen LogP contribution is 2.34. The number of ether oxygens (including phenoxy) is 2. The Balaban J connectivity index is 1.96. The van der Waals surface area contributed by atoms with Crippen molar-refractivity contribution in [2.45, 2.75) is 26.3 Å². The average Bonchev–Trinajstić information content (AvgIpc) is 2.72. The topological polar surface area (TPSA) is 84.9 Å². The Hall–Kier alpha value is -3.35. The first-order chi connectivity index (χ1) is 13.9. The highest BCUT2D eigenvalue weighted by molar-refractivity contribution is 5.95. The van der Waals surface area contributed by atoms with Gasteiger partial charge in [0.05, 0.1) is 25.3 Å². The van der Waals surface area contributed by atoms with Gasteiger partial charge in [-0.3, -0.25) is 4.79 Å². The molecule has 0 aromatic heterocycles. The van der Waals surface area contributed by atoms with E-state index in [1.807, 2.05) is 18.2 Å². The predicted molar refractivity (Wildman–Crippen MR) is 109 cm³/mol. The molecule has 1 N–H and O–H groups in total. The lowest BCUT2D eigenvalue weighted by molar-refractivity contribution is -0.114. The van der Waals surface area contributed by atoms with Crippen molar-refractivity contribution in [3.8, 4) is 0 Å². The summed E-state index contributed by atoms with van der Waals surface area (Å²) in [5, 5.41) is 2.89. The SMILES string of the molecule is COC(=O)c1cc(CN2CCCc3c(NC(C)=O)cccc32)cc(C(=O)OC)c1. The first-order valence-corrected chi connectivity index (χ1v) is 9.38. The van der Waals surface area contributed by atoms with Gasteiger partial charge in [-0.25, -0.2) is 9.59 Å². The van der Waals surface area contributed by atoms with E-state index in [1.54, 1.807) is 12.1 Å². The van der Waals surface area contributed by atoms with Gasteiger partial charge < -0.3 is 19.7 Å². The summed E-state index contributed by atoms with van der Waals surface area (Å²) in [6.45, 7) is 2.82. The minimum absolute atomic E-state index is 0.107. The van der Waals surface area contributed by atoms with Crippen molar-refractivity contribution in [2.24, 2.45) is 0 Å². The number of carbonyl (C=O) groups is 3. The van der Waals surface area contributed by atoms with E-state index >= 15 is 0 Å². The zero-order valence-electron chi connectivity index (χ0n) is 16.8. The van der Waals surface area contributed by atoms with Crippen LogP contribution in [-0.2, 0) is 27.2 Å². The van der Waals surface area contributed by atoms with E-state index in [4.69, 9.17) is 9.47 Å². The molecule has 7 nitrogen and oxygen atoms in total. The van der Waals surface area contributed by atoms with Gasteiger partial charge in [-0.15, -0.1) is 0 Å². The molecule has 0 bridgehead atoms. The highest BCUT2D eigenvalue weighted by Gasteiger charge is 2.21. The number of rotatable bonds is 5. The van der Waals surface area contributed by atoms with Crippen molar-refractivity contribution in [2.75, 3.05) is 31.0 Å². The summed E-state index contributed by atoms with van der Waals surface area (Å²) in [4.78, 5) is 37.8. The third kappa shape index (κ3) is 4.56. The van der Waals surface area contributed by atoms with Crippen LogP contribution in [0.3, 0.4) is 0 Å². The standard InChI is InChI=1S/C22H24N2O5/c1-14(25)23-19-7-4-8-20-18(19)6-5-9-24(20)13-15-10-16(21(26)28-2)12-17(11-15)22(27)29-3/h4,7-8,10-12H,5-6,9,13H2,1-3H3,(H,23,25). The Kier molecular flexibility index (Phi) is 6.16. The Morgan fingerprint density at radius 1 is 1.03 bits per heavy atom. The van der Waals surface area contributed by atoms with Crippen LogP contribution in [0.1, 0.15) is 45.2 Å². The summed E-state index contributed by atoms with van der Waals surface area (Å²) in [6, 6.07) is 10.8. The van der Waals surface area contributed by atoms with Crippen molar-refractivity contribution in [3.63, 3.8) is 0 Å². The Morgan fingerprint density at radius 3 is 2.28 bits per heavy atom. The lowest BCUT2D eigenvalue weighted by atomic mass is 9.98. The number of methoxy groups -OCH3 is 2. The summed E-state index contributed by atoms with van der Waals surface area (Å²) >= 11 is 0. The van der Waals surface area contributed by atoms with Crippen molar-refractivity contribution < 1.29 is 23.9 Å². The molecule has 2 aromatic rings. The highest BCUT2D eigenvalue weighted by atomic mass is 16.5. The molecule has 1 aliphatic heterocycles. The van der Waals surface area contributed by atoms with Gasteiger partial charge in [0, 0.05) is 31.4 Å². The molecular formula is C22H24N2O5. The summed E-state index contributed by atoms with van der Waals surface area (Å²) in [5.74, 6) is -1.13. The monoisotopic (exact) mass is 396 g/mol. The minimum Gasteiger partial charge on any atom is -0.465 e. The largest absolute Gasteiger partial charge is 0.465 e. The molecule has 0 unspecified atom stereocenters. The summed E-state index contributed by atoms with van der Waals surface area (Å²) < 4.78 is 9.63. The van der Waals surface area contributed by atoms with Crippen molar-refractivity contribution in [1.29, 1.82) is 0 Å². The molecule has 7 heteroatoms. The second kappa shape index (κ2) is 8.77. The van der Waals surface area contributed by atoms with Gasteiger partial charge in [0.1, 0.15) is 0 Å². The maximum absolute atomic E-state index is 12.0. The van der Waals surface area contributed by atoms with Crippen LogP contribution in [-0.4, -0.2) is 38.6 Å². The molecule has 3 rings (SSSR count). The maximum atomic E-state index is 12.0. The van der Waals surface area contributed by atoms with Crippen LogP contribution in [0.4, 0.5) is 11.4 Å². The zero-order chi connectivity index (χ0) is 21.0. The third-order valence-electron chi connectivity index (χ3n) is 4.87. The van der Waals surface area contributed by atoms with Crippen LogP contribution in [0.2, 0.25) is 0 Å². The Labute approximate surface area is 169 Å². The molecule has 1 aliphatic rings. The molecule has 0 saturated heterocycles. The molecule has 1 amide bonds. The lowest BCUT2D eigenvalue weighted by Crippen LogP contribution is -2.29. The molecule has 0 saturated carbocycles. The first-order valence-electron chi connectivity index (χ1n) is 9.38. The summed E-state index contributed by atoms with van der Waals surface area (Å²) in [5.41, 5.74) is 4.34. The molecule has 1 heterocycles. The number of nitrogens with zero attached hydrogens (tertiary/aromatic N) is 1. The van der Waals surface area contributed by atoms with Gasteiger partial charge in [0.15, 0.2) is 0 Å². The smallest absolute Gasteiger partial charge is 0.337 e. The average molecular weight is 396 g/mol. The Morgan fingerprint density at radius 2 is 1.69 bits per heavy atom. The molecular weight excluding hydrogens is 372 g/mol. The summed E-state index contributed by atoms with van der Waals surface area (Å²) in [6.07, 6.45) is 1.81. The van der Waals surface area contributed by atoms with Crippen LogP contribution < -0.4 is 10.2 Å². The number of nitrogens with one attached hydrogen (secondary N) is 1. The van der Waals surface area contributed by atoms with E-state index in [1.165, 1.54) is 27.2 Å². The van der Waals surface area contributed by atoms with E-state index in [-0.39, 0.29) is 5.91 Å². The van der Waals surface area contributed by atoms with Gasteiger partial charge in [0.25, 0.3) is 0 Å². The van der Waals surface area contributed by atoms with E-state index in [2.05, 4.69) is 10.2 Å². The molecule has 29 heavy (non-hydrogen) atoms. The first kappa shape index (κ1) is 20.4. The van der Waals surface area contributed by atoms with Gasteiger partial charge in [-0.2, -0.15) is 0 Å². The zero-order valence-corrected chi connectivity index (χ0v) is 16.8. The maximum Gasteiger partial charge on any atom is 0.337 e. The number of amides is 1. The predicted octanol–water partition coefficient (Wildman–Crippen LogP) is 3.17. The molecule has 152 valence electrons. The molecule has 0 aliphatic carbocycles. The number of anilines is 2. The van der Waals surface area contributed by atoms with Crippen molar-refractivity contribution in [1.82, 2.24) is 0 Å². The van der Waals surface area contributed by atoms with Crippen LogP contribution in [0.25, 0.3) is 0 Å². The van der Waals surface area contributed by atoms with Gasteiger partial charge in [-0.1, -0.05) is 6.07 Å². The molecule has 0 spiro atoms. The van der Waals surface area contributed by atoms with Gasteiger partial charge in [-0.05, 0) is 54.3 Å². The number of fused-ring (bicyclic) bond motifs is 1. The van der Waals surface area contributed by atoms with Crippen LogP contribution in [0, 0.1) is 0 Å². The number of hydrogen-bond acceptors (Lipinski definition) is 6. The van der Waals surface area contributed by atoms with E-state index in [0.29, 0.717) is 17.7 Å². The summed E-state index contributed by atoms with van der Waals surface area (Å²) in [7, 11) is 2.61. The fourth-order valence-electron chi connectivity index (χ4n) is 3.65. The fraction of sp³-hybridized carbons (Fsp3) is 0.318. The van der Waals surface area contributed by atoms with E-state index in [9.17, 15) is 14.4 Å². The molecule has 0 fully saturated rings. The molecule has 0 atom stereocenters. The number of carbonyl (C=O) groups excluding carboxylic acids is 3. The fourth-order valence-corrected chi connectivity index (χ4v) is 3.65. The van der Waals surface area contributed by atoms with Crippen molar-refractivity contribution >= 4 is 29.2 Å². The van der Waals surface area contributed by atoms with Crippen LogP contribution >= 0.6 is 0 Å². The number of hydrogen-bond donors (Lipinski definition) is 1. The lowest BCUT2D eigenvalue weighted by Gasteiger charge is -2.32. The number of esters is 2. The normalized spacial score (nSPS) is 12.7. The molecule has 0 radical (unpaired) electrons. The minimum atomic E-state index is -0.510. The quantitative estimate of drug-likeness (QED) is 0.782. The second-order valence-corrected chi connectivity index (χ2v) is 6.91. The molecule has 2 aromatic carbocycles. The van der Waals surface area contributed by atoms with Gasteiger partial charge >= 0.3 is 11.9 Å². The van der Waals surface area contributed by atoms with Crippen molar-refractivity contribution in [3.05, 3.63) is 58.7 Å². The third-order valence-corrected chi connectivity index (χ3v) is 4.87. The van der Waals surface area contributed by atoms with Crippen LogP contribution in [0.15, 0.2) is 36.4 Å². The second-order valence-electron chi connectivity index (χ2n) is 6.91. The van der Waals surface area contributed by atoms with Gasteiger partial charge in [0.2, 0.25) is 5.91 Å². The van der Waals surface area contributed by atoms with E-state index in [0.717, 1.165) is 41.9 Å².